The Morgan fingerprint density at radius 2 is 2.10 bits per heavy atom. The number of aryl methyl sites for hydroxylation is 1. The Kier molecular flexibility index (Phi) is 7.88. The lowest BCUT2D eigenvalue weighted by atomic mass is 9.97. The second kappa shape index (κ2) is 9.15. The monoisotopic (exact) mass is 298 g/mol. The Morgan fingerprint density at radius 3 is 2.57 bits per heavy atom. The van der Waals surface area contributed by atoms with Gasteiger partial charge in [0, 0.05) is 51.7 Å². The summed E-state index contributed by atoms with van der Waals surface area (Å²) in [6.07, 6.45) is 4.85. The summed E-state index contributed by atoms with van der Waals surface area (Å²) < 4.78 is 12.4. The van der Waals surface area contributed by atoms with Crippen LogP contribution in [0.25, 0.3) is 0 Å². The number of aromatic nitrogens is 2. The third kappa shape index (κ3) is 5.07. The molecule has 0 amide bonds. The third-order valence-electron chi connectivity index (χ3n) is 3.83. The van der Waals surface area contributed by atoms with Gasteiger partial charge in [0.05, 0.1) is 25.5 Å². The molecule has 1 aromatic heterocycles. The van der Waals surface area contributed by atoms with Gasteiger partial charge in [-0.25, -0.2) is 0 Å². The quantitative estimate of drug-likeness (QED) is 0.703. The molecule has 21 heavy (non-hydrogen) atoms. The van der Waals surface area contributed by atoms with Crippen LogP contribution in [-0.4, -0.2) is 60.7 Å². The van der Waals surface area contributed by atoms with Crippen LogP contribution in [0.15, 0.2) is 12.4 Å². The van der Waals surface area contributed by atoms with Crippen molar-refractivity contribution in [2.45, 2.75) is 38.4 Å². The van der Waals surface area contributed by atoms with Gasteiger partial charge in [0.15, 0.2) is 0 Å². The number of hydrogen-bond acceptors (Lipinski definition) is 5. The van der Waals surface area contributed by atoms with Crippen molar-refractivity contribution < 1.29 is 9.47 Å². The molecular weight excluding hydrogens is 268 g/mol. The van der Waals surface area contributed by atoms with Crippen molar-refractivity contribution >= 4 is 0 Å². The van der Waals surface area contributed by atoms with Crippen LogP contribution < -0.4 is 5.73 Å². The highest BCUT2D eigenvalue weighted by molar-refractivity contribution is 5.14. The van der Waals surface area contributed by atoms with Crippen molar-refractivity contribution in [1.29, 1.82) is 0 Å². The van der Waals surface area contributed by atoms with E-state index in [1.165, 1.54) is 0 Å². The van der Waals surface area contributed by atoms with Crippen molar-refractivity contribution in [2.24, 2.45) is 12.8 Å². The molecule has 3 atom stereocenters. The van der Waals surface area contributed by atoms with Gasteiger partial charge in [-0.1, -0.05) is 6.92 Å². The average Bonchev–Trinajstić information content (AvgIpc) is 2.88. The molecule has 0 radical (unpaired) electrons. The van der Waals surface area contributed by atoms with Gasteiger partial charge in [0.2, 0.25) is 0 Å². The maximum atomic E-state index is 6.40. The Morgan fingerprint density at radius 1 is 1.38 bits per heavy atom. The minimum atomic E-state index is 0.0466. The fourth-order valence-corrected chi connectivity index (χ4v) is 2.67. The molecule has 0 aliphatic heterocycles. The molecule has 0 fully saturated rings. The first-order valence-corrected chi connectivity index (χ1v) is 7.52. The molecular formula is C15H30N4O2. The molecule has 0 aliphatic rings. The number of methoxy groups -OCH3 is 2. The van der Waals surface area contributed by atoms with Crippen molar-refractivity contribution in [3.63, 3.8) is 0 Å². The second-order valence-corrected chi connectivity index (χ2v) is 5.50. The van der Waals surface area contributed by atoms with Crippen LogP contribution in [0.1, 0.15) is 31.9 Å². The molecule has 6 heteroatoms. The summed E-state index contributed by atoms with van der Waals surface area (Å²) >= 11 is 0. The van der Waals surface area contributed by atoms with Gasteiger partial charge in [-0.15, -0.1) is 0 Å². The van der Waals surface area contributed by atoms with E-state index in [2.05, 4.69) is 23.8 Å². The van der Waals surface area contributed by atoms with Gasteiger partial charge in [-0.2, -0.15) is 5.10 Å². The Bertz CT molecular complexity index is 397. The molecule has 0 aliphatic carbocycles. The maximum absolute atomic E-state index is 6.40. The van der Waals surface area contributed by atoms with Crippen LogP contribution in [-0.2, 0) is 16.5 Å². The molecule has 122 valence electrons. The minimum Gasteiger partial charge on any atom is -0.383 e. The summed E-state index contributed by atoms with van der Waals surface area (Å²) in [5.74, 6) is 0. The smallest absolute Gasteiger partial charge is 0.0615 e. The van der Waals surface area contributed by atoms with Gasteiger partial charge in [0.25, 0.3) is 0 Å². The van der Waals surface area contributed by atoms with Crippen LogP contribution in [0.2, 0.25) is 0 Å². The zero-order valence-electron chi connectivity index (χ0n) is 14.0. The van der Waals surface area contributed by atoms with Crippen molar-refractivity contribution in [2.75, 3.05) is 34.0 Å². The van der Waals surface area contributed by atoms with E-state index in [0.717, 1.165) is 18.5 Å². The van der Waals surface area contributed by atoms with E-state index < -0.39 is 0 Å². The number of hydrogen-bond donors (Lipinski definition) is 1. The van der Waals surface area contributed by atoms with E-state index in [0.29, 0.717) is 13.2 Å². The van der Waals surface area contributed by atoms with Gasteiger partial charge < -0.3 is 15.2 Å². The van der Waals surface area contributed by atoms with Crippen molar-refractivity contribution in [3.05, 3.63) is 18.0 Å². The van der Waals surface area contributed by atoms with Crippen LogP contribution >= 0.6 is 0 Å². The van der Waals surface area contributed by atoms with E-state index in [1.54, 1.807) is 14.2 Å². The molecule has 0 saturated carbocycles. The van der Waals surface area contributed by atoms with E-state index >= 15 is 0 Å². The van der Waals surface area contributed by atoms with Gasteiger partial charge in [0.1, 0.15) is 0 Å². The molecule has 3 unspecified atom stereocenters. The highest BCUT2D eigenvalue weighted by atomic mass is 16.5. The van der Waals surface area contributed by atoms with E-state index in [4.69, 9.17) is 15.2 Å². The Labute approximate surface area is 128 Å². The van der Waals surface area contributed by atoms with E-state index in [9.17, 15) is 0 Å². The lowest BCUT2D eigenvalue weighted by molar-refractivity contribution is 0.0378. The fourth-order valence-electron chi connectivity index (χ4n) is 2.67. The number of nitrogens with two attached hydrogens (primary N) is 1. The summed E-state index contributed by atoms with van der Waals surface area (Å²) in [4.78, 5) is 2.36. The Balaban J connectivity index is 3.03. The molecule has 1 rings (SSSR count). The normalized spacial score (nSPS) is 16.1. The molecule has 0 bridgehead atoms. The summed E-state index contributed by atoms with van der Waals surface area (Å²) in [5.41, 5.74) is 7.55. The molecule has 2 N–H and O–H groups in total. The molecule has 0 spiro atoms. The van der Waals surface area contributed by atoms with Crippen LogP contribution in [0.3, 0.4) is 0 Å². The standard InChI is InChI=1S/C15H30N4O2/c1-6-14(16)15(13-9-17-18(3)10-13)19(7-8-20-4)12(2)11-21-5/h9-10,12,14-15H,6-8,11,16H2,1-5H3. The summed E-state index contributed by atoms with van der Waals surface area (Å²) in [6, 6.07) is 0.419. The number of ether oxygens (including phenoxy) is 2. The topological polar surface area (TPSA) is 65.5 Å². The molecule has 1 aromatic rings. The summed E-state index contributed by atoms with van der Waals surface area (Å²) in [6.45, 7) is 6.42. The van der Waals surface area contributed by atoms with Crippen LogP contribution in [0, 0.1) is 0 Å². The molecule has 1 heterocycles. The summed E-state index contributed by atoms with van der Waals surface area (Å²) in [5, 5.41) is 4.29. The number of nitrogens with zero attached hydrogens (tertiary/aromatic N) is 3. The zero-order valence-corrected chi connectivity index (χ0v) is 14.0. The largest absolute Gasteiger partial charge is 0.383 e. The lowest BCUT2D eigenvalue weighted by Crippen LogP contribution is -2.47. The fraction of sp³-hybridized carbons (Fsp3) is 0.800. The average molecular weight is 298 g/mol. The maximum Gasteiger partial charge on any atom is 0.0615 e. The Hall–Kier alpha value is -0.950. The van der Waals surface area contributed by atoms with Crippen LogP contribution in [0.4, 0.5) is 0 Å². The van der Waals surface area contributed by atoms with Gasteiger partial charge in [-0.3, -0.25) is 9.58 Å². The third-order valence-corrected chi connectivity index (χ3v) is 3.83. The van der Waals surface area contributed by atoms with Gasteiger partial charge in [-0.05, 0) is 13.3 Å². The molecule has 0 aromatic carbocycles. The molecule has 0 saturated heterocycles. The zero-order chi connectivity index (χ0) is 15.8. The van der Waals surface area contributed by atoms with Crippen molar-refractivity contribution in [1.82, 2.24) is 14.7 Å². The second-order valence-electron chi connectivity index (χ2n) is 5.50. The summed E-state index contributed by atoms with van der Waals surface area (Å²) in [7, 11) is 5.37. The first-order chi connectivity index (χ1) is 10.0. The lowest BCUT2D eigenvalue weighted by Gasteiger charge is -2.38. The SMILES string of the molecule is CCC(N)C(c1cnn(C)c1)N(CCOC)C(C)COC. The van der Waals surface area contributed by atoms with Gasteiger partial charge >= 0.3 is 0 Å². The van der Waals surface area contributed by atoms with Crippen LogP contribution in [0.5, 0.6) is 0 Å². The first kappa shape index (κ1) is 18.1. The van der Waals surface area contributed by atoms with E-state index in [-0.39, 0.29) is 18.1 Å². The minimum absolute atomic E-state index is 0.0466. The predicted molar refractivity (Wildman–Crippen MR) is 84.1 cm³/mol. The first-order valence-electron chi connectivity index (χ1n) is 7.52. The number of rotatable bonds is 10. The highest BCUT2D eigenvalue weighted by Crippen LogP contribution is 2.26. The van der Waals surface area contributed by atoms with E-state index in [1.807, 2.05) is 24.1 Å². The predicted octanol–water partition coefficient (Wildman–Crippen LogP) is 1.18. The highest BCUT2D eigenvalue weighted by Gasteiger charge is 2.30. The van der Waals surface area contributed by atoms with Crippen molar-refractivity contribution in [3.8, 4) is 0 Å². The molecule has 6 nitrogen and oxygen atoms in total.